The molecule has 0 radical (unpaired) electrons. The fraction of sp³-hybridized carbons (Fsp3) is 0.0952. The summed E-state index contributed by atoms with van der Waals surface area (Å²) < 4.78 is 21.2. The van der Waals surface area contributed by atoms with Gasteiger partial charge in [-0.1, -0.05) is 5.16 Å². The number of nitro benzene ring substituents is 1. The zero-order valence-corrected chi connectivity index (χ0v) is 16.3. The van der Waals surface area contributed by atoms with Gasteiger partial charge in [-0.25, -0.2) is 9.59 Å². The number of aryl methyl sites for hydroxylation is 1. The van der Waals surface area contributed by atoms with Crippen LogP contribution in [0.3, 0.4) is 0 Å². The van der Waals surface area contributed by atoms with Gasteiger partial charge >= 0.3 is 11.6 Å². The maximum absolute atomic E-state index is 13.0. The summed E-state index contributed by atoms with van der Waals surface area (Å²) >= 11 is 0. The summed E-state index contributed by atoms with van der Waals surface area (Å²) in [6, 6.07) is 11.2. The Morgan fingerprint density at radius 3 is 2.52 bits per heavy atom. The molecule has 0 saturated heterocycles. The fourth-order valence-corrected chi connectivity index (χ4v) is 3.01. The number of nitrogens with zero attached hydrogens (tertiary/aromatic N) is 2. The van der Waals surface area contributed by atoms with Crippen LogP contribution in [0.25, 0.3) is 22.3 Å². The lowest BCUT2D eigenvalue weighted by Crippen LogP contribution is -2.11. The summed E-state index contributed by atoms with van der Waals surface area (Å²) in [4.78, 5) is 34.8. The van der Waals surface area contributed by atoms with Crippen LogP contribution in [-0.4, -0.2) is 23.2 Å². The standard InChI is InChI=1S/C21H14N2O8/c1-11-19(20(31-22-11)12-3-6-14(7-4-12)23(26)27)21(25)30-17-10-15-13(9-16(17)28-2)5-8-18(24)29-15/h3-10H,1-2H3. The zero-order valence-electron chi connectivity index (χ0n) is 16.3. The summed E-state index contributed by atoms with van der Waals surface area (Å²) in [7, 11) is 1.41. The molecule has 2 aromatic heterocycles. The van der Waals surface area contributed by atoms with Crippen LogP contribution >= 0.6 is 0 Å². The van der Waals surface area contributed by atoms with E-state index in [2.05, 4.69) is 5.16 Å². The van der Waals surface area contributed by atoms with E-state index < -0.39 is 16.5 Å². The van der Waals surface area contributed by atoms with Crippen molar-refractivity contribution in [2.45, 2.75) is 6.92 Å². The van der Waals surface area contributed by atoms with Crippen molar-refractivity contribution >= 4 is 22.6 Å². The SMILES string of the molecule is COc1cc2ccc(=O)oc2cc1OC(=O)c1c(C)noc1-c1ccc([N+](=O)[O-])cc1. The number of carbonyl (C=O) groups excluding carboxylic acids is 1. The summed E-state index contributed by atoms with van der Waals surface area (Å²) in [5.41, 5.74) is 0.287. The highest BCUT2D eigenvalue weighted by molar-refractivity contribution is 5.98. The Balaban J connectivity index is 1.72. The van der Waals surface area contributed by atoms with Gasteiger partial charge in [0, 0.05) is 35.2 Å². The maximum Gasteiger partial charge on any atom is 0.349 e. The van der Waals surface area contributed by atoms with Gasteiger partial charge < -0.3 is 18.4 Å². The van der Waals surface area contributed by atoms with Gasteiger partial charge in [0.1, 0.15) is 11.1 Å². The molecule has 0 fully saturated rings. The maximum atomic E-state index is 13.0. The first-order valence-corrected chi connectivity index (χ1v) is 8.92. The summed E-state index contributed by atoms with van der Waals surface area (Å²) in [6.45, 7) is 1.56. The molecule has 2 heterocycles. The van der Waals surface area contributed by atoms with Crippen molar-refractivity contribution in [3.63, 3.8) is 0 Å². The van der Waals surface area contributed by atoms with Crippen molar-refractivity contribution in [1.29, 1.82) is 0 Å². The molecular formula is C21H14N2O8. The average Bonchev–Trinajstić information content (AvgIpc) is 3.14. The molecule has 0 aliphatic carbocycles. The van der Waals surface area contributed by atoms with E-state index in [4.69, 9.17) is 18.4 Å². The lowest BCUT2D eigenvalue weighted by Gasteiger charge is -2.10. The summed E-state index contributed by atoms with van der Waals surface area (Å²) in [5.74, 6) is -0.406. The molecule has 0 aliphatic rings. The van der Waals surface area contributed by atoms with Gasteiger partial charge in [0.25, 0.3) is 5.69 Å². The van der Waals surface area contributed by atoms with E-state index >= 15 is 0 Å². The van der Waals surface area contributed by atoms with Crippen LogP contribution in [0.15, 0.2) is 62.3 Å². The number of hydrogen-bond donors (Lipinski definition) is 0. The van der Waals surface area contributed by atoms with E-state index in [1.165, 1.54) is 43.5 Å². The van der Waals surface area contributed by atoms with E-state index in [1.807, 2.05) is 0 Å². The number of benzene rings is 2. The first-order valence-electron chi connectivity index (χ1n) is 8.92. The van der Waals surface area contributed by atoms with E-state index in [0.717, 1.165) is 0 Å². The molecule has 4 rings (SSSR count). The van der Waals surface area contributed by atoms with Gasteiger partial charge in [0.05, 0.1) is 17.7 Å². The molecule has 10 heteroatoms. The van der Waals surface area contributed by atoms with Gasteiger partial charge in [-0.15, -0.1) is 0 Å². The molecule has 2 aromatic carbocycles. The normalized spacial score (nSPS) is 10.8. The highest BCUT2D eigenvalue weighted by Crippen LogP contribution is 2.34. The minimum absolute atomic E-state index is 0.0320. The first-order chi connectivity index (χ1) is 14.9. The van der Waals surface area contributed by atoms with E-state index in [-0.39, 0.29) is 39.8 Å². The number of hydrogen-bond acceptors (Lipinski definition) is 9. The molecule has 156 valence electrons. The van der Waals surface area contributed by atoms with Gasteiger partial charge in [0.2, 0.25) is 0 Å². The topological polar surface area (TPSA) is 135 Å². The van der Waals surface area contributed by atoms with Crippen LogP contribution in [0.1, 0.15) is 16.1 Å². The molecule has 0 unspecified atom stereocenters. The predicted molar refractivity (Wildman–Crippen MR) is 107 cm³/mol. The number of carbonyl (C=O) groups is 1. The highest BCUT2D eigenvalue weighted by Gasteiger charge is 2.25. The molecule has 0 bridgehead atoms. The highest BCUT2D eigenvalue weighted by atomic mass is 16.6. The number of rotatable bonds is 5. The number of ether oxygens (including phenoxy) is 2. The second kappa shape index (κ2) is 7.75. The third-order valence-electron chi connectivity index (χ3n) is 4.52. The number of methoxy groups -OCH3 is 1. The molecule has 0 amide bonds. The molecule has 0 atom stereocenters. The second-order valence-corrected chi connectivity index (χ2v) is 6.46. The van der Waals surface area contributed by atoms with Gasteiger partial charge in [-0.3, -0.25) is 10.1 Å². The molecule has 0 aliphatic heterocycles. The minimum Gasteiger partial charge on any atom is -0.493 e. The van der Waals surface area contributed by atoms with Crippen molar-refractivity contribution in [1.82, 2.24) is 5.16 Å². The molecule has 10 nitrogen and oxygen atoms in total. The number of fused-ring (bicyclic) bond motifs is 1. The molecule has 0 spiro atoms. The quantitative estimate of drug-likeness (QED) is 0.154. The third kappa shape index (κ3) is 3.73. The lowest BCUT2D eigenvalue weighted by atomic mass is 10.1. The molecular weight excluding hydrogens is 408 g/mol. The molecule has 31 heavy (non-hydrogen) atoms. The van der Waals surface area contributed by atoms with Crippen LogP contribution in [0.2, 0.25) is 0 Å². The minimum atomic E-state index is -0.789. The lowest BCUT2D eigenvalue weighted by molar-refractivity contribution is -0.384. The Bertz CT molecular complexity index is 1370. The van der Waals surface area contributed by atoms with Gasteiger partial charge in [0.15, 0.2) is 17.3 Å². The monoisotopic (exact) mass is 422 g/mol. The Morgan fingerprint density at radius 1 is 1.10 bits per heavy atom. The van der Waals surface area contributed by atoms with Crippen LogP contribution in [0.4, 0.5) is 5.69 Å². The van der Waals surface area contributed by atoms with E-state index in [9.17, 15) is 19.7 Å². The second-order valence-electron chi connectivity index (χ2n) is 6.46. The van der Waals surface area contributed by atoms with E-state index in [1.54, 1.807) is 19.1 Å². The van der Waals surface area contributed by atoms with Gasteiger partial charge in [-0.05, 0) is 31.2 Å². The third-order valence-corrected chi connectivity index (χ3v) is 4.52. The number of non-ortho nitro benzene ring substituents is 1. The molecule has 4 aromatic rings. The number of esters is 1. The van der Waals surface area contributed by atoms with E-state index in [0.29, 0.717) is 10.9 Å². The Kier molecular flexibility index (Phi) is 4.96. The summed E-state index contributed by atoms with van der Waals surface area (Å²) in [6.07, 6.45) is 0. The zero-order chi connectivity index (χ0) is 22.1. The van der Waals surface area contributed by atoms with Crippen molar-refractivity contribution in [3.8, 4) is 22.8 Å². The van der Waals surface area contributed by atoms with Gasteiger partial charge in [-0.2, -0.15) is 0 Å². The molecule has 0 saturated carbocycles. The van der Waals surface area contributed by atoms with Crippen molar-refractivity contribution in [2.75, 3.05) is 7.11 Å². The first kappa shape index (κ1) is 19.8. The Labute approximate surface area is 173 Å². The largest absolute Gasteiger partial charge is 0.493 e. The number of aromatic nitrogens is 1. The van der Waals surface area contributed by atoms with Crippen molar-refractivity contribution in [2.24, 2.45) is 0 Å². The Morgan fingerprint density at radius 2 is 1.84 bits per heavy atom. The average molecular weight is 422 g/mol. The van der Waals surface area contributed by atoms with Crippen LogP contribution in [0.5, 0.6) is 11.5 Å². The van der Waals surface area contributed by atoms with Crippen molar-refractivity contribution in [3.05, 3.63) is 80.3 Å². The van der Waals surface area contributed by atoms with Crippen LogP contribution in [-0.2, 0) is 0 Å². The summed E-state index contributed by atoms with van der Waals surface area (Å²) in [5, 5.41) is 15.3. The van der Waals surface area contributed by atoms with Crippen molar-refractivity contribution < 1.29 is 28.1 Å². The molecule has 0 N–H and O–H groups in total. The Hall–Kier alpha value is -4.47. The number of nitro groups is 1. The van der Waals surface area contributed by atoms with Crippen LogP contribution < -0.4 is 15.1 Å². The smallest absolute Gasteiger partial charge is 0.349 e. The van der Waals surface area contributed by atoms with Crippen LogP contribution in [0, 0.1) is 17.0 Å². The fourth-order valence-electron chi connectivity index (χ4n) is 3.01. The predicted octanol–water partition coefficient (Wildman–Crippen LogP) is 3.89.